The van der Waals surface area contributed by atoms with Crippen LogP contribution < -0.4 is 25.8 Å². The van der Waals surface area contributed by atoms with E-state index in [1.165, 1.54) is 59.3 Å². The largest absolute Gasteiger partial charge is 0.369 e. The number of primary amides is 1. The summed E-state index contributed by atoms with van der Waals surface area (Å²) in [7, 11) is -8.27. The van der Waals surface area contributed by atoms with Gasteiger partial charge < -0.3 is 16.4 Å². The van der Waals surface area contributed by atoms with Crippen LogP contribution >= 0.6 is 45.9 Å². The summed E-state index contributed by atoms with van der Waals surface area (Å²) >= 11 is 13.9. The van der Waals surface area contributed by atoms with Gasteiger partial charge in [-0.15, -0.1) is 22.7 Å². The summed E-state index contributed by atoms with van der Waals surface area (Å²) in [6, 6.07) is 5.08. The lowest BCUT2D eigenvalue weighted by molar-refractivity contribution is -0.123. The van der Waals surface area contributed by atoms with Gasteiger partial charge in [0.2, 0.25) is 17.7 Å². The van der Waals surface area contributed by atoms with Crippen LogP contribution in [0.3, 0.4) is 0 Å². The van der Waals surface area contributed by atoms with E-state index < -0.39 is 87.0 Å². The smallest absolute Gasteiger partial charge is 0.281 e. The third-order valence-electron chi connectivity index (χ3n) is 7.83. The zero-order chi connectivity index (χ0) is 40.1. The van der Waals surface area contributed by atoms with Gasteiger partial charge in [-0.3, -0.25) is 14.4 Å². The van der Waals surface area contributed by atoms with E-state index >= 15 is 0 Å². The van der Waals surface area contributed by atoms with Crippen LogP contribution in [-0.4, -0.2) is 78.3 Å². The maximum Gasteiger partial charge on any atom is 0.281 e. The Bertz CT molecular complexity index is 2320. The second-order valence-electron chi connectivity index (χ2n) is 11.5. The van der Waals surface area contributed by atoms with Gasteiger partial charge in [-0.05, 0) is 49.2 Å². The number of benzene rings is 2. The van der Waals surface area contributed by atoms with Crippen LogP contribution in [0.5, 0.6) is 0 Å². The van der Waals surface area contributed by atoms with Crippen molar-refractivity contribution < 1.29 is 40.0 Å². The number of hydrogen-bond acceptors (Lipinski definition) is 12. The van der Waals surface area contributed by atoms with E-state index in [4.69, 9.17) is 34.2 Å². The zero-order valence-corrected chi connectivity index (χ0v) is 32.5. The number of carbonyl (C=O) groups excluding carboxylic acids is 3. The van der Waals surface area contributed by atoms with Crippen molar-refractivity contribution in [1.29, 1.82) is 5.26 Å². The molecular formula is C32H36Cl2F2N10O7S4. The molecule has 0 spiro atoms. The van der Waals surface area contributed by atoms with Crippen molar-refractivity contribution in [2.45, 2.75) is 51.9 Å². The minimum Gasteiger partial charge on any atom is -0.369 e. The summed E-state index contributed by atoms with van der Waals surface area (Å²) in [6.45, 7) is -1.18. The Labute approximate surface area is 345 Å². The molecule has 2 aromatic heterocycles. The predicted octanol–water partition coefficient (Wildman–Crippen LogP) is 4.33. The van der Waals surface area contributed by atoms with Gasteiger partial charge in [0.05, 0.1) is 34.7 Å². The molecule has 17 nitrogen and oxygen atoms in total. The van der Waals surface area contributed by atoms with Crippen LogP contribution in [0.4, 0.5) is 20.2 Å². The van der Waals surface area contributed by atoms with E-state index in [2.05, 4.69) is 30.0 Å². The van der Waals surface area contributed by atoms with Gasteiger partial charge in [-0.1, -0.05) is 38.1 Å². The number of thiazole rings is 2. The maximum atomic E-state index is 13.3. The van der Waals surface area contributed by atoms with Crippen LogP contribution in [0.1, 0.15) is 49.8 Å². The molecular weight excluding hydrogens is 874 g/mol. The number of hydrogen-bond donors (Lipinski definition) is 5. The molecule has 4 unspecified atom stereocenters. The molecule has 6 N–H and O–H groups in total. The molecule has 4 aromatic rings. The Kier molecular flexibility index (Phi) is 16.5. The van der Waals surface area contributed by atoms with Crippen LogP contribution in [0.25, 0.3) is 0 Å². The van der Waals surface area contributed by atoms with Crippen molar-refractivity contribution in [2.24, 2.45) is 5.73 Å². The molecule has 57 heavy (non-hydrogen) atoms. The summed E-state index contributed by atoms with van der Waals surface area (Å²) in [5.74, 6) is -3.59. The number of amides is 3. The number of nitrogens with one attached hydrogen (secondary N) is 4. The fraction of sp³-hybridized carbons (Fsp3) is 0.312. The van der Waals surface area contributed by atoms with Crippen molar-refractivity contribution in [1.82, 2.24) is 28.0 Å². The average molecular weight is 910 g/mol. The number of aromatic nitrogens is 2. The topological polar surface area (TPSA) is 250 Å². The molecule has 2 fully saturated rings. The van der Waals surface area contributed by atoms with Gasteiger partial charge in [0, 0.05) is 34.5 Å². The molecule has 6 rings (SSSR count). The third-order valence-corrected chi connectivity index (χ3v) is 13.4. The summed E-state index contributed by atoms with van der Waals surface area (Å²) < 4.78 is 83.2. The molecule has 2 saturated heterocycles. The molecule has 2 aliphatic heterocycles. The van der Waals surface area contributed by atoms with E-state index in [1.54, 1.807) is 16.8 Å². The number of nitrogens with two attached hydrogens (primary N) is 1. The number of halogens is 4. The third kappa shape index (κ3) is 11.7. The van der Waals surface area contributed by atoms with Crippen molar-refractivity contribution in [2.75, 3.05) is 23.7 Å². The minimum atomic E-state index is -4.19. The summed E-state index contributed by atoms with van der Waals surface area (Å²) in [5.41, 5.74) is 5.54. The maximum absolute atomic E-state index is 13.3. The summed E-state index contributed by atoms with van der Waals surface area (Å²) in [6.07, 6.45) is 3.14. The molecule has 0 bridgehead atoms. The van der Waals surface area contributed by atoms with Crippen LogP contribution in [0, 0.1) is 23.0 Å². The Morgan fingerprint density at radius 2 is 1.25 bits per heavy atom. The number of carbonyl (C=O) groups is 3. The normalized spacial score (nSPS) is 21.2. The van der Waals surface area contributed by atoms with Gasteiger partial charge in [0.15, 0.2) is 0 Å². The quantitative estimate of drug-likeness (QED) is 0.149. The highest BCUT2D eigenvalue weighted by Crippen LogP contribution is 2.32. The van der Waals surface area contributed by atoms with Crippen LogP contribution in [0.15, 0.2) is 59.6 Å². The van der Waals surface area contributed by atoms with Crippen molar-refractivity contribution in [3.05, 3.63) is 91.2 Å². The first-order chi connectivity index (χ1) is 26.0. The van der Waals surface area contributed by atoms with E-state index in [9.17, 15) is 40.0 Å². The number of anilines is 2. The van der Waals surface area contributed by atoms with Gasteiger partial charge in [-0.2, -0.15) is 40.2 Å². The average Bonchev–Trinajstić information content (AvgIpc) is 3.86. The Balaban J connectivity index is 0.000000295. The van der Waals surface area contributed by atoms with Crippen LogP contribution in [-0.2, 0) is 34.8 Å². The first-order valence-electron chi connectivity index (χ1n) is 15.5. The Morgan fingerprint density at radius 3 is 1.61 bits per heavy atom. The standard InChI is InChI=1S/C15H15ClFN5O4S2.C15H13ClFN5O3S2.2CH4/c16-9-5-8(1-2-10(9)17)20-14(24)12-6-11(15-19-3-4-27-15)21-28(25,26)22(12)7-13(18)23;16-10-7-9(1-2-11(10)17)20-14(23)13-8-12(15-19-4-6-26-15)21-27(24,25)22(13)5-3-18;;/h1-5,11-12,21H,6-7H2,(H2,18,23)(H,20,24);1-2,4,6-7,12-13,21H,5,8H2,(H,20,23);2*1H4. The van der Waals surface area contributed by atoms with Gasteiger partial charge in [-0.25, -0.2) is 18.7 Å². The molecule has 3 amide bonds. The number of rotatable bonds is 9. The second kappa shape index (κ2) is 20.0. The SMILES string of the molecule is C.C.N#CCN1C(C(=O)Nc2ccc(F)c(Cl)c2)CC(c2nccs2)NS1(=O)=O.NC(=O)CN1C(C(=O)Nc2ccc(F)c(Cl)c2)CC(c2nccs2)NS1(=O)=O. The summed E-state index contributed by atoms with van der Waals surface area (Å²) in [5, 5.41) is 18.0. The second-order valence-corrected chi connectivity index (χ2v) is 17.5. The lowest BCUT2D eigenvalue weighted by Crippen LogP contribution is -2.59. The predicted molar refractivity (Wildman–Crippen MR) is 212 cm³/mol. The highest BCUT2D eigenvalue weighted by atomic mass is 35.5. The lowest BCUT2D eigenvalue weighted by atomic mass is 10.1. The zero-order valence-electron chi connectivity index (χ0n) is 27.7. The number of nitriles is 1. The minimum absolute atomic E-state index is 0. The van der Waals surface area contributed by atoms with E-state index in [1.807, 2.05) is 0 Å². The first kappa shape index (κ1) is 47.2. The van der Waals surface area contributed by atoms with Gasteiger partial charge >= 0.3 is 0 Å². The van der Waals surface area contributed by atoms with E-state index in [0.29, 0.717) is 14.3 Å². The fourth-order valence-corrected chi connectivity index (χ4v) is 10.3. The molecule has 0 saturated carbocycles. The molecule has 25 heteroatoms. The lowest BCUT2D eigenvalue weighted by Gasteiger charge is -2.36. The highest BCUT2D eigenvalue weighted by molar-refractivity contribution is 7.87. The van der Waals surface area contributed by atoms with Gasteiger partial charge in [0.25, 0.3) is 20.4 Å². The van der Waals surface area contributed by atoms with Crippen LogP contribution in [0.2, 0.25) is 10.0 Å². The monoisotopic (exact) mass is 908 g/mol. The molecule has 308 valence electrons. The van der Waals surface area contributed by atoms with Crippen molar-refractivity contribution in [3.63, 3.8) is 0 Å². The Morgan fingerprint density at radius 1 is 0.825 bits per heavy atom. The molecule has 2 aliphatic rings. The Hall–Kier alpha value is -4.22. The van der Waals surface area contributed by atoms with Crippen molar-refractivity contribution in [3.8, 4) is 6.07 Å². The van der Waals surface area contributed by atoms with Gasteiger partial charge in [0.1, 0.15) is 40.3 Å². The molecule has 0 radical (unpaired) electrons. The molecule has 0 aliphatic carbocycles. The molecule has 4 heterocycles. The summed E-state index contributed by atoms with van der Waals surface area (Å²) in [4.78, 5) is 45.1. The highest BCUT2D eigenvalue weighted by Gasteiger charge is 2.45. The molecule has 2 aromatic carbocycles. The molecule has 4 atom stereocenters. The van der Waals surface area contributed by atoms with E-state index in [0.717, 1.165) is 16.4 Å². The van der Waals surface area contributed by atoms with E-state index in [-0.39, 0.29) is 49.1 Å². The first-order valence-corrected chi connectivity index (χ1v) is 20.9. The fourth-order valence-electron chi connectivity index (χ4n) is 5.41. The number of nitrogens with zero attached hydrogens (tertiary/aromatic N) is 5. The van der Waals surface area contributed by atoms with Crippen molar-refractivity contribution >= 4 is 95.4 Å².